The smallest absolute Gasteiger partial charge is 0.234 e. The summed E-state index contributed by atoms with van der Waals surface area (Å²) in [5, 5.41) is 5.15. The maximum absolute atomic E-state index is 12.2. The Morgan fingerprint density at radius 2 is 1.72 bits per heavy atom. The lowest BCUT2D eigenvalue weighted by Gasteiger charge is -2.08. The normalized spacial score (nSPS) is 11.3. The number of nitrogens with one attached hydrogen (secondary N) is 2. The molecule has 29 heavy (non-hydrogen) atoms. The van der Waals surface area contributed by atoms with Gasteiger partial charge >= 0.3 is 0 Å². The van der Waals surface area contributed by atoms with Gasteiger partial charge in [-0.15, -0.1) is 18.3 Å². The van der Waals surface area contributed by atoms with Crippen LogP contribution in [0.2, 0.25) is 0 Å². The van der Waals surface area contributed by atoms with E-state index < -0.39 is 10.0 Å². The van der Waals surface area contributed by atoms with Gasteiger partial charge in [0.25, 0.3) is 0 Å². The van der Waals surface area contributed by atoms with Crippen molar-refractivity contribution in [2.75, 3.05) is 17.6 Å². The Labute approximate surface area is 175 Å². The van der Waals surface area contributed by atoms with Crippen LogP contribution >= 0.6 is 11.8 Å². The predicted octanol–water partition coefficient (Wildman–Crippen LogP) is 4.18. The molecule has 0 unspecified atom stereocenters. The number of anilines is 1. The summed E-state index contributed by atoms with van der Waals surface area (Å²) in [6.07, 6.45) is 1.49. The van der Waals surface area contributed by atoms with E-state index in [-0.39, 0.29) is 18.2 Å². The summed E-state index contributed by atoms with van der Waals surface area (Å²) in [6.45, 7) is 3.69. The molecule has 0 radical (unpaired) electrons. The number of thioether (sulfide) groups is 1. The number of hydrogen-bond acceptors (Lipinski definition) is 4. The van der Waals surface area contributed by atoms with Gasteiger partial charge in [0.2, 0.25) is 15.9 Å². The molecule has 0 heterocycles. The third-order valence-electron chi connectivity index (χ3n) is 4.13. The monoisotopic (exact) mass is 426 g/mol. The zero-order chi connectivity index (χ0) is 20.7. The van der Waals surface area contributed by atoms with Crippen molar-refractivity contribution in [3.8, 4) is 0 Å². The molecule has 150 valence electrons. The van der Waals surface area contributed by atoms with Crippen molar-refractivity contribution < 1.29 is 13.2 Å². The van der Waals surface area contributed by atoms with Gasteiger partial charge in [0, 0.05) is 17.1 Å². The highest BCUT2D eigenvalue weighted by atomic mass is 32.2. The minimum absolute atomic E-state index is 0.115. The molecule has 0 fully saturated rings. The van der Waals surface area contributed by atoms with E-state index in [0.29, 0.717) is 17.0 Å². The lowest BCUT2D eigenvalue weighted by atomic mass is 10.1. The van der Waals surface area contributed by atoms with Crippen molar-refractivity contribution in [2.24, 2.45) is 0 Å². The van der Waals surface area contributed by atoms with Crippen LogP contribution in [0.25, 0.3) is 10.8 Å². The minimum Gasteiger partial charge on any atom is -0.325 e. The maximum atomic E-state index is 12.2. The van der Waals surface area contributed by atoms with Gasteiger partial charge in [-0.1, -0.05) is 48.5 Å². The van der Waals surface area contributed by atoms with Gasteiger partial charge in [-0.05, 0) is 40.6 Å². The Morgan fingerprint density at radius 3 is 2.45 bits per heavy atom. The highest BCUT2D eigenvalue weighted by Crippen LogP contribution is 2.24. The Balaban J connectivity index is 1.52. The number of rotatable bonds is 9. The van der Waals surface area contributed by atoms with Crippen molar-refractivity contribution in [3.05, 3.63) is 84.9 Å². The summed E-state index contributed by atoms with van der Waals surface area (Å²) in [5.74, 6) is 0.0588. The largest absolute Gasteiger partial charge is 0.325 e. The predicted molar refractivity (Wildman–Crippen MR) is 121 cm³/mol. The zero-order valence-electron chi connectivity index (χ0n) is 15.8. The van der Waals surface area contributed by atoms with Crippen molar-refractivity contribution in [1.82, 2.24) is 4.72 Å². The molecule has 0 spiro atoms. The molecule has 0 aliphatic rings. The van der Waals surface area contributed by atoms with Crippen molar-refractivity contribution in [2.45, 2.75) is 10.6 Å². The van der Waals surface area contributed by atoms with Crippen LogP contribution in [0.1, 0.15) is 5.56 Å². The third-order valence-corrected chi connectivity index (χ3v) is 6.45. The second-order valence-electron chi connectivity index (χ2n) is 6.44. The molecule has 5 nitrogen and oxygen atoms in total. The van der Waals surface area contributed by atoms with Gasteiger partial charge in [0.15, 0.2) is 0 Å². The second-order valence-corrected chi connectivity index (χ2v) is 9.29. The van der Waals surface area contributed by atoms with E-state index in [1.54, 1.807) is 24.3 Å². The van der Waals surface area contributed by atoms with Crippen LogP contribution in [-0.4, -0.2) is 26.6 Å². The first kappa shape index (κ1) is 21.1. The number of amides is 1. The fraction of sp³-hybridized carbons (Fsp3) is 0.136. The first-order valence-corrected chi connectivity index (χ1v) is 11.7. The molecule has 0 saturated heterocycles. The average molecular weight is 427 g/mol. The molecular formula is C22H22N2O3S2. The zero-order valence-corrected chi connectivity index (χ0v) is 17.4. The van der Waals surface area contributed by atoms with E-state index in [4.69, 9.17) is 0 Å². The van der Waals surface area contributed by atoms with Crippen LogP contribution in [0.4, 0.5) is 5.69 Å². The van der Waals surface area contributed by atoms with Crippen LogP contribution in [0.15, 0.2) is 84.3 Å². The van der Waals surface area contributed by atoms with Crippen molar-refractivity contribution >= 4 is 44.2 Å². The Kier molecular flexibility index (Phi) is 7.09. The Bertz CT molecular complexity index is 1110. The fourth-order valence-electron chi connectivity index (χ4n) is 2.74. The van der Waals surface area contributed by atoms with Gasteiger partial charge in [-0.3, -0.25) is 4.79 Å². The highest BCUT2D eigenvalue weighted by Gasteiger charge is 2.10. The molecule has 3 rings (SSSR count). The summed E-state index contributed by atoms with van der Waals surface area (Å²) in [6, 6.07) is 21.0. The van der Waals surface area contributed by atoms with Gasteiger partial charge in [0.05, 0.1) is 11.5 Å². The van der Waals surface area contributed by atoms with Crippen LogP contribution in [-0.2, 0) is 20.6 Å². The molecule has 7 heteroatoms. The van der Waals surface area contributed by atoms with Crippen LogP contribution < -0.4 is 10.0 Å². The first-order valence-electron chi connectivity index (χ1n) is 9.04. The lowest BCUT2D eigenvalue weighted by Crippen LogP contribution is -2.25. The Morgan fingerprint density at radius 1 is 1.00 bits per heavy atom. The molecular weight excluding hydrogens is 404 g/mol. The SMILES string of the molecule is C=CCNS(=O)(=O)Cc1ccc(NC(=O)CSc2ccc3ccccc3c2)cc1. The molecule has 0 aromatic heterocycles. The van der Waals surface area contributed by atoms with E-state index >= 15 is 0 Å². The van der Waals surface area contributed by atoms with Gasteiger partial charge in [-0.25, -0.2) is 13.1 Å². The van der Waals surface area contributed by atoms with Gasteiger partial charge < -0.3 is 5.32 Å². The molecule has 0 saturated carbocycles. The maximum Gasteiger partial charge on any atom is 0.234 e. The summed E-state index contributed by atoms with van der Waals surface area (Å²) >= 11 is 1.47. The standard InChI is InChI=1S/C22H22N2O3S2/c1-2-13-23-29(26,27)16-17-7-10-20(11-8-17)24-22(25)15-28-21-12-9-18-5-3-4-6-19(18)14-21/h2-12,14,23H,1,13,15-16H2,(H,24,25). The second kappa shape index (κ2) is 9.73. The molecule has 0 atom stereocenters. The van der Waals surface area contributed by atoms with Crippen molar-refractivity contribution in [1.29, 1.82) is 0 Å². The first-order chi connectivity index (χ1) is 13.9. The summed E-state index contributed by atoms with van der Waals surface area (Å²) in [4.78, 5) is 13.3. The molecule has 3 aromatic rings. The molecule has 3 aromatic carbocycles. The molecule has 0 aliphatic carbocycles. The summed E-state index contributed by atoms with van der Waals surface area (Å²) < 4.78 is 26.2. The number of sulfonamides is 1. The van der Waals surface area contributed by atoms with Crippen LogP contribution in [0, 0.1) is 0 Å². The van der Waals surface area contributed by atoms with E-state index in [1.165, 1.54) is 23.2 Å². The van der Waals surface area contributed by atoms with Gasteiger partial charge in [0.1, 0.15) is 0 Å². The molecule has 0 bridgehead atoms. The topological polar surface area (TPSA) is 75.3 Å². The van der Waals surface area contributed by atoms with E-state index in [2.05, 4.69) is 28.8 Å². The van der Waals surface area contributed by atoms with Gasteiger partial charge in [-0.2, -0.15) is 0 Å². The van der Waals surface area contributed by atoms with Crippen molar-refractivity contribution in [3.63, 3.8) is 0 Å². The number of benzene rings is 3. The number of carbonyl (C=O) groups is 1. The van der Waals surface area contributed by atoms with Crippen LogP contribution in [0.5, 0.6) is 0 Å². The van der Waals surface area contributed by atoms with E-state index in [1.807, 2.05) is 30.3 Å². The Hall–Kier alpha value is -2.61. The molecule has 1 amide bonds. The van der Waals surface area contributed by atoms with E-state index in [9.17, 15) is 13.2 Å². The number of carbonyl (C=O) groups excluding carboxylic acids is 1. The average Bonchev–Trinajstić information content (AvgIpc) is 2.72. The quantitative estimate of drug-likeness (QED) is 0.398. The molecule has 0 aliphatic heterocycles. The van der Waals surface area contributed by atoms with Crippen LogP contribution in [0.3, 0.4) is 0 Å². The number of fused-ring (bicyclic) bond motifs is 1. The summed E-state index contributed by atoms with van der Waals surface area (Å²) in [7, 11) is -3.40. The summed E-state index contributed by atoms with van der Waals surface area (Å²) in [5.41, 5.74) is 1.28. The minimum atomic E-state index is -3.40. The fourth-order valence-corrected chi connectivity index (χ4v) is 4.59. The third kappa shape index (κ3) is 6.45. The molecule has 2 N–H and O–H groups in total. The highest BCUT2D eigenvalue weighted by molar-refractivity contribution is 8.00. The lowest BCUT2D eigenvalue weighted by molar-refractivity contribution is -0.113. The number of hydrogen-bond donors (Lipinski definition) is 2. The van der Waals surface area contributed by atoms with E-state index in [0.717, 1.165) is 10.3 Å².